The summed E-state index contributed by atoms with van der Waals surface area (Å²) in [5.74, 6) is 1.53. The Labute approximate surface area is 112 Å². The second-order valence-corrected chi connectivity index (χ2v) is 5.98. The van der Waals surface area contributed by atoms with Crippen LogP contribution in [0, 0.1) is 5.92 Å². The fourth-order valence-electron chi connectivity index (χ4n) is 2.43. The van der Waals surface area contributed by atoms with E-state index in [4.69, 9.17) is 0 Å². The quantitative estimate of drug-likeness (QED) is 0.794. The Bertz CT molecular complexity index is 327. The highest BCUT2D eigenvalue weighted by molar-refractivity contribution is 8.00. The van der Waals surface area contributed by atoms with Crippen LogP contribution in [0.5, 0.6) is 0 Å². The van der Waals surface area contributed by atoms with Crippen LogP contribution < -0.4 is 0 Å². The molecule has 0 bridgehead atoms. The van der Waals surface area contributed by atoms with Gasteiger partial charge in [-0.05, 0) is 25.7 Å². The van der Waals surface area contributed by atoms with Crippen molar-refractivity contribution in [3.8, 4) is 0 Å². The van der Waals surface area contributed by atoms with Crippen molar-refractivity contribution in [1.82, 2.24) is 9.80 Å². The summed E-state index contributed by atoms with van der Waals surface area (Å²) in [6.45, 7) is 3.42. The highest BCUT2D eigenvalue weighted by atomic mass is 32.2. The van der Waals surface area contributed by atoms with E-state index in [1.807, 2.05) is 11.8 Å². The lowest BCUT2D eigenvalue weighted by molar-refractivity contribution is -0.139. The van der Waals surface area contributed by atoms with Crippen LogP contribution in [0.4, 0.5) is 0 Å². The van der Waals surface area contributed by atoms with Gasteiger partial charge in [0.05, 0.1) is 17.7 Å². The van der Waals surface area contributed by atoms with E-state index in [0.717, 1.165) is 12.8 Å². The molecule has 102 valence electrons. The maximum atomic E-state index is 12.0. The van der Waals surface area contributed by atoms with Gasteiger partial charge in [-0.15, -0.1) is 11.8 Å². The summed E-state index contributed by atoms with van der Waals surface area (Å²) in [7, 11) is 0. The fraction of sp³-hybridized carbons (Fsp3) is 0.833. The molecule has 0 aliphatic carbocycles. The van der Waals surface area contributed by atoms with Crippen LogP contribution in [0.1, 0.15) is 19.8 Å². The molecular weight excluding hydrogens is 252 g/mol. The fourth-order valence-corrected chi connectivity index (χ4v) is 3.34. The number of amides is 2. The Kier molecular flexibility index (Phi) is 4.50. The standard InChI is InChI=1S/C12H20N2O3S/c1-9(15)10-2-4-13(5-3-10)11(16)6-14-8-18-7-12(14)17/h9-10,15H,2-8H2,1H3. The number of hydrogen-bond donors (Lipinski definition) is 1. The summed E-state index contributed by atoms with van der Waals surface area (Å²) in [4.78, 5) is 26.9. The molecule has 2 saturated heterocycles. The van der Waals surface area contributed by atoms with Crippen molar-refractivity contribution in [2.24, 2.45) is 5.92 Å². The molecule has 0 aromatic rings. The summed E-state index contributed by atoms with van der Waals surface area (Å²) in [5.41, 5.74) is 0. The second kappa shape index (κ2) is 5.93. The molecule has 0 aromatic heterocycles. The lowest BCUT2D eigenvalue weighted by atomic mass is 9.92. The van der Waals surface area contributed by atoms with Crippen LogP contribution in [0.15, 0.2) is 0 Å². The highest BCUT2D eigenvalue weighted by Crippen LogP contribution is 2.21. The van der Waals surface area contributed by atoms with Crippen LogP contribution in [0.25, 0.3) is 0 Å². The zero-order valence-corrected chi connectivity index (χ0v) is 11.5. The van der Waals surface area contributed by atoms with Gasteiger partial charge < -0.3 is 14.9 Å². The minimum atomic E-state index is -0.293. The van der Waals surface area contributed by atoms with Gasteiger partial charge >= 0.3 is 0 Å². The molecule has 6 heteroatoms. The third-order valence-corrected chi connectivity index (χ3v) is 4.67. The van der Waals surface area contributed by atoms with E-state index in [1.165, 1.54) is 0 Å². The Balaban J connectivity index is 1.79. The first-order valence-corrected chi connectivity index (χ1v) is 7.54. The summed E-state index contributed by atoms with van der Waals surface area (Å²) in [6, 6.07) is 0. The average molecular weight is 272 g/mol. The number of carbonyl (C=O) groups excluding carboxylic acids is 2. The first kappa shape index (κ1) is 13.7. The molecule has 5 nitrogen and oxygen atoms in total. The van der Waals surface area contributed by atoms with Gasteiger partial charge in [0.15, 0.2) is 0 Å². The average Bonchev–Trinajstić information content (AvgIpc) is 2.75. The third-order valence-electron chi connectivity index (χ3n) is 3.73. The third kappa shape index (κ3) is 3.17. The van der Waals surface area contributed by atoms with E-state index in [2.05, 4.69) is 0 Å². The molecule has 1 unspecified atom stereocenters. The molecule has 0 saturated carbocycles. The maximum absolute atomic E-state index is 12.0. The zero-order chi connectivity index (χ0) is 13.1. The smallest absolute Gasteiger partial charge is 0.242 e. The zero-order valence-electron chi connectivity index (χ0n) is 10.7. The van der Waals surface area contributed by atoms with E-state index < -0.39 is 0 Å². The van der Waals surface area contributed by atoms with Crippen LogP contribution in [-0.4, -0.2) is 64.1 Å². The van der Waals surface area contributed by atoms with E-state index >= 15 is 0 Å². The molecular formula is C12H20N2O3S. The molecule has 2 amide bonds. The van der Waals surface area contributed by atoms with E-state index in [-0.39, 0.29) is 24.5 Å². The molecule has 1 N–H and O–H groups in total. The van der Waals surface area contributed by atoms with Crippen molar-refractivity contribution < 1.29 is 14.7 Å². The molecule has 0 aromatic carbocycles. The first-order chi connectivity index (χ1) is 8.58. The number of thioether (sulfide) groups is 1. The van der Waals surface area contributed by atoms with Gasteiger partial charge in [-0.3, -0.25) is 9.59 Å². The monoisotopic (exact) mass is 272 g/mol. The van der Waals surface area contributed by atoms with Crippen molar-refractivity contribution in [3.05, 3.63) is 0 Å². The van der Waals surface area contributed by atoms with E-state index in [9.17, 15) is 14.7 Å². The minimum Gasteiger partial charge on any atom is -0.393 e. The van der Waals surface area contributed by atoms with Gasteiger partial charge in [0, 0.05) is 13.1 Å². The first-order valence-electron chi connectivity index (χ1n) is 6.39. The second-order valence-electron chi connectivity index (χ2n) is 5.03. The number of aliphatic hydroxyl groups excluding tert-OH is 1. The predicted octanol–water partition coefficient (Wildman–Crippen LogP) is 0.139. The molecule has 1 atom stereocenters. The van der Waals surface area contributed by atoms with Gasteiger partial charge in [-0.2, -0.15) is 0 Å². The van der Waals surface area contributed by atoms with E-state index in [1.54, 1.807) is 16.7 Å². The number of likely N-dealkylation sites (tertiary alicyclic amines) is 1. The largest absolute Gasteiger partial charge is 0.393 e. The normalized spacial score (nSPS) is 23.6. The number of nitrogens with zero attached hydrogens (tertiary/aromatic N) is 2. The van der Waals surface area contributed by atoms with Gasteiger partial charge in [-0.25, -0.2) is 0 Å². The summed E-state index contributed by atoms with van der Waals surface area (Å²) >= 11 is 1.56. The van der Waals surface area contributed by atoms with Crippen molar-refractivity contribution in [2.45, 2.75) is 25.9 Å². The van der Waals surface area contributed by atoms with Gasteiger partial charge in [0.2, 0.25) is 11.8 Å². The molecule has 2 rings (SSSR count). The molecule has 18 heavy (non-hydrogen) atoms. The van der Waals surface area contributed by atoms with Crippen LogP contribution in [0.3, 0.4) is 0 Å². The van der Waals surface area contributed by atoms with E-state index in [0.29, 0.717) is 30.6 Å². The Morgan fingerprint density at radius 3 is 2.67 bits per heavy atom. The molecule has 2 fully saturated rings. The molecule has 2 aliphatic rings. The molecule has 2 aliphatic heterocycles. The lowest BCUT2D eigenvalue weighted by Crippen LogP contribution is -2.45. The Morgan fingerprint density at radius 2 is 2.17 bits per heavy atom. The van der Waals surface area contributed by atoms with Gasteiger partial charge in [0.1, 0.15) is 6.54 Å². The van der Waals surface area contributed by atoms with Gasteiger partial charge in [0.25, 0.3) is 0 Å². The van der Waals surface area contributed by atoms with Crippen molar-refractivity contribution in [3.63, 3.8) is 0 Å². The van der Waals surface area contributed by atoms with Crippen LogP contribution in [0.2, 0.25) is 0 Å². The number of hydrogen-bond acceptors (Lipinski definition) is 4. The Morgan fingerprint density at radius 1 is 1.50 bits per heavy atom. The SMILES string of the molecule is CC(O)C1CCN(C(=O)CN2CSCC2=O)CC1. The highest BCUT2D eigenvalue weighted by Gasteiger charge is 2.28. The number of rotatable bonds is 3. The van der Waals surface area contributed by atoms with Crippen LogP contribution >= 0.6 is 11.8 Å². The molecule has 2 heterocycles. The lowest BCUT2D eigenvalue weighted by Gasteiger charge is -2.34. The van der Waals surface area contributed by atoms with Crippen molar-refractivity contribution in [1.29, 1.82) is 0 Å². The van der Waals surface area contributed by atoms with Crippen LogP contribution in [-0.2, 0) is 9.59 Å². The van der Waals surface area contributed by atoms with Crippen molar-refractivity contribution >= 4 is 23.6 Å². The Hall–Kier alpha value is -0.750. The summed E-state index contributed by atoms with van der Waals surface area (Å²) < 4.78 is 0. The molecule has 0 radical (unpaired) electrons. The predicted molar refractivity (Wildman–Crippen MR) is 70.0 cm³/mol. The minimum absolute atomic E-state index is 0.0369. The topological polar surface area (TPSA) is 60.9 Å². The maximum Gasteiger partial charge on any atom is 0.242 e. The molecule has 0 spiro atoms. The number of aliphatic hydroxyl groups is 1. The number of carbonyl (C=O) groups is 2. The summed E-state index contributed by atoms with van der Waals surface area (Å²) in [5, 5.41) is 9.51. The van der Waals surface area contributed by atoms with Crippen molar-refractivity contribution in [2.75, 3.05) is 31.3 Å². The van der Waals surface area contributed by atoms with Gasteiger partial charge in [-0.1, -0.05) is 0 Å². The number of piperidine rings is 1. The summed E-state index contributed by atoms with van der Waals surface area (Å²) in [6.07, 6.45) is 1.41.